The van der Waals surface area contributed by atoms with Crippen LogP contribution in [0.3, 0.4) is 0 Å². The van der Waals surface area contributed by atoms with Gasteiger partial charge in [0.2, 0.25) is 0 Å². The number of amides is 1. The summed E-state index contributed by atoms with van der Waals surface area (Å²) < 4.78 is 3.30. The van der Waals surface area contributed by atoms with Gasteiger partial charge < -0.3 is 5.32 Å². The number of nitrogens with one attached hydrogen (secondary N) is 1. The van der Waals surface area contributed by atoms with Crippen LogP contribution in [0.15, 0.2) is 91.1 Å². The van der Waals surface area contributed by atoms with Gasteiger partial charge in [-0.25, -0.2) is 9.36 Å². The van der Waals surface area contributed by atoms with Crippen molar-refractivity contribution in [3.63, 3.8) is 0 Å². The topological polar surface area (TPSA) is 90.5 Å². The molecule has 0 saturated heterocycles. The summed E-state index contributed by atoms with van der Waals surface area (Å²) in [5.74, 6) is 0.363. The first-order valence-electron chi connectivity index (χ1n) is 10.0. The molecule has 0 aliphatic carbocycles. The van der Waals surface area contributed by atoms with Crippen LogP contribution in [0.4, 0.5) is 5.69 Å². The largest absolute Gasteiger partial charge is 0.322 e. The van der Waals surface area contributed by atoms with Crippen molar-refractivity contribution in [1.82, 2.24) is 30.0 Å². The smallest absolute Gasteiger partial charge is 0.259 e. The number of anilines is 1. The van der Waals surface area contributed by atoms with Crippen LogP contribution in [-0.2, 0) is 7.05 Å². The molecule has 156 valence electrons. The molecule has 0 radical (unpaired) electrons. The van der Waals surface area contributed by atoms with Gasteiger partial charge >= 0.3 is 0 Å². The zero-order valence-corrected chi connectivity index (χ0v) is 17.3. The van der Waals surface area contributed by atoms with Gasteiger partial charge in [-0.2, -0.15) is 5.10 Å². The van der Waals surface area contributed by atoms with E-state index in [1.807, 2.05) is 84.9 Å². The van der Waals surface area contributed by atoms with E-state index in [0.29, 0.717) is 22.8 Å². The van der Waals surface area contributed by atoms with Gasteiger partial charge in [-0.15, -0.1) is 5.10 Å². The van der Waals surface area contributed by atoms with Crippen LogP contribution in [-0.4, -0.2) is 35.9 Å². The number of rotatable bonds is 5. The van der Waals surface area contributed by atoms with Gasteiger partial charge in [-0.1, -0.05) is 60.7 Å². The molecule has 0 aliphatic rings. The van der Waals surface area contributed by atoms with Crippen LogP contribution >= 0.6 is 0 Å². The first-order chi connectivity index (χ1) is 15.7. The highest BCUT2D eigenvalue weighted by atomic mass is 16.1. The van der Waals surface area contributed by atoms with Crippen LogP contribution in [0.1, 0.15) is 10.4 Å². The van der Waals surface area contributed by atoms with E-state index in [1.54, 1.807) is 22.6 Å². The Morgan fingerprint density at radius 3 is 2.31 bits per heavy atom. The number of nitrogens with zero attached hydrogens (tertiary/aromatic N) is 6. The van der Waals surface area contributed by atoms with E-state index in [0.717, 1.165) is 16.8 Å². The van der Waals surface area contributed by atoms with E-state index in [9.17, 15) is 4.79 Å². The van der Waals surface area contributed by atoms with E-state index in [4.69, 9.17) is 5.10 Å². The number of para-hydroxylation sites is 1. The minimum atomic E-state index is -0.251. The maximum absolute atomic E-state index is 13.3. The Hall–Kier alpha value is -4.59. The summed E-state index contributed by atoms with van der Waals surface area (Å²) in [5, 5.41) is 19.3. The first kappa shape index (κ1) is 19.4. The molecular formula is C24H19N7O. The lowest BCUT2D eigenvalue weighted by Crippen LogP contribution is -2.12. The van der Waals surface area contributed by atoms with Crippen molar-refractivity contribution in [2.24, 2.45) is 7.05 Å². The third kappa shape index (κ3) is 3.77. The number of benzene rings is 3. The molecule has 0 spiro atoms. The van der Waals surface area contributed by atoms with E-state index < -0.39 is 0 Å². The Balaban J connectivity index is 1.51. The third-order valence-corrected chi connectivity index (χ3v) is 5.03. The minimum Gasteiger partial charge on any atom is -0.322 e. The molecule has 8 nitrogen and oxygen atoms in total. The normalized spacial score (nSPS) is 10.8. The van der Waals surface area contributed by atoms with Gasteiger partial charge in [-0.05, 0) is 34.7 Å². The highest BCUT2D eigenvalue weighted by Crippen LogP contribution is 2.25. The Kier molecular flexibility index (Phi) is 5.01. The predicted molar refractivity (Wildman–Crippen MR) is 121 cm³/mol. The van der Waals surface area contributed by atoms with Crippen LogP contribution in [0.5, 0.6) is 0 Å². The van der Waals surface area contributed by atoms with Gasteiger partial charge in [0, 0.05) is 30.1 Å². The number of carbonyl (C=O) groups excluding carboxylic acids is 1. The predicted octanol–water partition coefficient (Wildman–Crippen LogP) is 3.98. The van der Waals surface area contributed by atoms with Gasteiger partial charge in [0.05, 0.1) is 11.3 Å². The summed E-state index contributed by atoms with van der Waals surface area (Å²) >= 11 is 0. The zero-order chi connectivity index (χ0) is 21.9. The maximum Gasteiger partial charge on any atom is 0.259 e. The van der Waals surface area contributed by atoms with Crippen molar-refractivity contribution in [2.45, 2.75) is 0 Å². The monoisotopic (exact) mass is 421 g/mol. The minimum absolute atomic E-state index is 0.251. The second-order valence-electron chi connectivity index (χ2n) is 7.20. The Morgan fingerprint density at radius 1 is 0.875 bits per heavy atom. The van der Waals surface area contributed by atoms with E-state index in [-0.39, 0.29) is 5.91 Å². The molecule has 0 bridgehead atoms. The number of aromatic nitrogens is 6. The molecule has 0 aliphatic heterocycles. The Labute approximate surface area is 184 Å². The molecule has 1 N–H and O–H groups in total. The number of tetrazole rings is 1. The standard InChI is InChI=1S/C24H19N7O/c1-30-23(26-28-29-30)18-11-8-12-19(15-18)25-24(32)21-16-31(20-13-6-3-7-14-20)27-22(21)17-9-4-2-5-10-17/h2-16H,1H3,(H,25,32). The number of carbonyl (C=O) groups is 1. The SMILES string of the molecule is Cn1nnnc1-c1cccc(NC(=O)c2cn(-c3ccccc3)nc2-c2ccccc2)c1. The van der Waals surface area contributed by atoms with Crippen molar-refractivity contribution < 1.29 is 4.79 Å². The molecule has 32 heavy (non-hydrogen) atoms. The van der Waals surface area contributed by atoms with E-state index >= 15 is 0 Å². The number of hydrogen-bond donors (Lipinski definition) is 1. The fraction of sp³-hybridized carbons (Fsp3) is 0.0417. The second-order valence-corrected chi connectivity index (χ2v) is 7.20. The fourth-order valence-electron chi connectivity index (χ4n) is 3.47. The fourth-order valence-corrected chi connectivity index (χ4v) is 3.47. The number of hydrogen-bond acceptors (Lipinski definition) is 5. The summed E-state index contributed by atoms with van der Waals surface area (Å²) in [6.45, 7) is 0. The molecule has 1 amide bonds. The van der Waals surface area contributed by atoms with Gasteiger partial charge in [0.15, 0.2) is 5.82 Å². The number of aryl methyl sites for hydroxylation is 1. The lowest BCUT2D eigenvalue weighted by atomic mass is 10.1. The third-order valence-electron chi connectivity index (χ3n) is 5.03. The Morgan fingerprint density at radius 2 is 1.59 bits per heavy atom. The summed E-state index contributed by atoms with van der Waals surface area (Å²) in [5.41, 5.74) is 4.28. The molecule has 0 unspecified atom stereocenters. The summed E-state index contributed by atoms with van der Waals surface area (Å²) in [6.07, 6.45) is 1.75. The molecule has 5 aromatic rings. The van der Waals surface area contributed by atoms with Crippen molar-refractivity contribution in [1.29, 1.82) is 0 Å². The van der Waals surface area contributed by atoms with Crippen molar-refractivity contribution in [3.8, 4) is 28.3 Å². The lowest BCUT2D eigenvalue weighted by molar-refractivity contribution is 0.102. The highest BCUT2D eigenvalue weighted by molar-refractivity contribution is 6.08. The van der Waals surface area contributed by atoms with Crippen molar-refractivity contribution in [2.75, 3.05) is 5.32 Å². The van der Waals surface area contributed by atoms with Gasteiger partial charge in [-0.3, -0.25) is 4.79 Å². The van der Waals surface area contributed by atoms with Crippen LogP contribution in [0.25, 0.3) is 28.3 Å². The molecule has 2 aromatic heterocycles. The molecule has 0 atom stereocenters. The van der Waals surface area contributed by atoms with Crippen LogP contribution in [0, 0.1) is 0 Å². The summed E-state index contributed by atoms with van der Waals surface area (Å²) in [4.78, 5) is 13.3. The first-order valence-corrected chi connectivity index (χ1v) is 10.0. The quantitative estimate of drug-likeness (QED) is 0.464. The van der Waals surface area contributed by atoms with Gasteiger partial charge in [0.25, 0.3) is 5.91 Å². The zero-order valence-electron chi connectivity index (χ0n) is 17.3. The lowest BCUT2D eigenvalue weighted by Gasteiger charge is -2.07. The molecular weight excluding hydrogens is 402 g/mol. The van der Waals surface area contributed by atoms with Crippen LogP contribution < -0.4 is 5.32 Å². The van der Waals surface area contributed by atoms with Crippen molar-refractivity contribution >= 4 is 11.6 Å². The second kappa shape index (κ2) is 8.27. The molecule has 8 heteroatoms. The molecule has 0 saturated carbocycles. The maximum atomic E-state index is 13.3. The van der Waals surface area contributed by atoms with E-state index in [2.05, 4.69) is 20.8 Å². The molecule has 0 fully saturated rings. The average molecular weight is 421 g/mol. The van der Waals surface area contributed by atoms with Crippen LogP contribution in [0.2, 0.25) is 0 Å². The molecule has 2 heterocycles. The average Bonchev–Trinajstić information content (AvgIpc) is 3.47. The highest BCUT2D eigenvalue weighted by Gasteiger charge is 2.19. The summed E-state index contributed by atoms with van der Waals surface area (Å²) in [6, 6.07) is 26.8. The molecule has 3 aromatic carbocycles. The van der Waals surface area contributed by atoms with E-state index in [1.165, 1.54) is 0 Å². The van der Waals surface area contributed by atoms with Gasteiger partial charge in [0.1, 0.15) is 5.69 Å². The summed E-state index contributed by atoms with van der Waals surface area (Å²) in [7, 11) is 1.77. The molecule has 5 rings (SSSR count). The van der Waals surface area contributed by atoms with Crippen molar-refractivity contribution in [3.05, 3.63) is 96.7 Å². The Bertz CT molecular complexity index is 1370.